The Balaban J connectivity index is 2.83. The van der Waals surface area contributed by atoms with Crippen LogP contribution in [0, 0.1) is 17.0 Å². The highest BCUT2D eigenvalue weighted by Crippen LogP contribution is 2.18. The third kappa shape index (κ3) is 2.40. The minimum absolute atomic E-state index is 0.00917. The Labute approximate surface area is 80.9 Å². The van der Waals surface area contributed by atoms with E-state index in [0.717, 1.165) is 0 Å². The van der Waals surface area contributed by atoms with Crippen molar-refractivity contribution in [2.24, 2.45) is 5.73 Å². The molecule has 1 aromatic heterocycles. The fourth-order valence-corrected chi connectivity index (χ4v) is 0.968. The van der Waals surface area contributed by atoms with E-state index in [4.69, 9.17) is 10.5 Å². The Morgan fingerprint density at radius 1 is 1.64 bits per heavy atom. The Morgan fingerprint density at radius 3 is 2.86 bits per heavy atom. The number of hydrogen-bond donors (Lipinski definition) is 1. The average molecular weight is 197 g/mol. The molecule has 2 N–H and O–H groups in total. The summed E-state index contributed by atoms with van der Waals surface area (Å²) in [5.74, 6) is 0.360. The van der Waals surface area contributed by atoms with Crippen molar-refractivity contribution >= 4 is 5.69 Å². The van der Waals surface area contributed by atoms with Gasteiger partial charge in [0.25, 0.3) is 5.69 Å². The zero-order chi connectivity index (χ0) is 10.6. The molecule has 0 unspecified atom stereocenters. The van der Waals surface area contributed by atoms with Crippen LogP contribution in [0.2, 0.25) is 0 Å². The van der Waals surface area contributed by atoms with Crippen molar-refractivity contribution in [3.05, 3.63) is 27.9 Å². The molecule has 6 heteroatoms. The van der Waals surface area contributed by atoms with E-state index < -0.39 is 4.92 Å². The maximum Gasteiger partial charge on any atom is 0.290 e. The van der Waals surface area contributed by atoms with Crippen LogP contribution in [-0.4, -0.2) is 23.1 Å². The molecular weight excluding hydrogens is 186 g/mol. The summed E-state index contributed by atoms with van der Waals surface area (Å²) in [6, 6.07) is 2.83. The molecule has 0 aliphatic heterocycles. The van der Waals surface area contributed by atoms with E-state index in [0.29, 0.717) is 24.7 Å². The maximum absolute atomic E-state index is 10.5. The number of pyridine rings is 1. The molecule has 0 saturated heterocycles. The molecular formula is C8H11N3O3. The standard InChI is InChI=1S/C8H11N3O3/c1-6-7(11(12)13)2-3-8(10-6)14-5-4-9/h2-3H,4-5,9H2,1H3. The minimum atomic E-state index is -0.477. The lowest BCUT2D eigenvalue weighted by molar-refractivity contribution is -0.385. The first-order chi connectivity index (χ1) is 6.65. The molecule has 0 saturated carbocycles. The van der Waals surface area contributed by atoms with Crippen LogP contribution in [0.25, 0.3) is 0 Å². The van der Waals surface area contributed by atoms with Crippen molar-refractivity contribution in [2.75, 3.05) is 13.2 Å². The molecule has 0 spiro atoms. The van der Waals surface area contributed by atoms with Crippen LogP contribution in [0.3, 0.4) is 0 Å². The third-order valence-corrected chi connectivity index (χ3v) is 1.60. The van der Waals surface area contributed by atoms with Crippen LogP contribution in [-0.2, 0) is 0 Å². The van der Waals surface area contributed by atoms with Crippen LogP contribution in [0.1, 0.15) is 5.69 Å². The number of rotatable bonds is 4. The van der Waals surface area contributed by atoms with Gasteiger partial charge in [-0.15, -0.1) is 0 Å². The van der Waals surface area contributed by atoms with E-state index >= 15 is 0 Å². The lowest BCUT2D eigenvalue weighted by Crippen LogP contribution is -2.11. The Hall–Kier alpha value is -1.69. The summed E-state index contributed by atoms with van der Waals surface area (Å²) in [6.45, 7) is 2.30. The Morgan fingerprint density at radius 2 is 2.36 bits per heavy atom. The number of aromatic nitrogens is 1. The summed E-state index contributed by atoms with van der Waals surface area (Å²) in [5.41, 5.74) is 5.56. The number of nitrogens with two attached hydrogens (primary N) is 1. The summed E-state index contributed by atoms with van der Waals surface area (Å²) < 4.78 is 5.11. The molecule has 0 aliphatic carbocycles. The molecule has 0 aliphatic rings. The van der Waals surface area contributed by atoms with E-state index in [-0.39, 0.29) is 5.69 Å². The van der Waals surface area contributed by atoms with Gasteiger partial charge in [-0.05, 0) is 6.92 Å². The molecule has 0 fully saturated rings. The molecule has 1 heterocycles. The molecule has 1 rings (SSSR count). The summed E-state index contributed by atoms with van der Waals surface area (Å²) in [7, 11) is 0. The number of nitro groups is 1. The first-order valence-electron chi connectivity index (χ1n) is 4.10. The molecule has 0 radical (unpaired) electrons. The van der Waals surface area contributed by atoms with Gasteiger partial charge in [0, 0.05) is 18.7 Å². The first-order valence-corrected chi connectivity index (χ1v) is 4.10. The average Bonchev–Trinajstić information content (AvgIpc) is 2.14. The minimum Gasteiger partial charge on any atom is -0.476 e. The molecule has 14 heavy (non-hydrogen) atoms. The van der Waals surface area contributed by atoms with E-state index in [1.54, 1.807) is 6.92 Å². The van der Waals surface area contributed by atoms with Crippen molar-refractivity contribution in [1.82, 2.24) is 4.98 Å². The zero-order valence-electron chi connectivity index (χ0n) is 7.77. The predicted octanol–water partition coefficient (Wildman–Crippen LogP) is 0.636. The van der Waals surface area contributed by atoms with E-state index in [1.165, 1.54) is 12.1 Å². The highest BCUT2D eigenvalue weighted by atomic mass is 16.6. The van der Waals surface area contributed by atoms with E-state index in [9.17, 15) is 10.1 Å². The van der Waals surface area contributed by atoms with Crippen LogP contribution >= 0.6 is 0 Å². The molecule has 0 atom stereocenters. The lowest BCUT2D eigenvalue weighted by atomic mass is 10.3. The molecule has 0 amide bonds. The van der Waals surface area contributed by atoms with Crippen LogP contribution in [0.15, 0.2) is 12.1 Å². The molecule has 1 aromatic rings. The van der Waals surface area contributed by atoms with Gasteiger partial charge in [0.1, 0.15) is 12.3 Å². The number of hydrogen-bond acceptors (Lipinski definition) is 5. The van der Waals surface area contributed by atoms with Gasteiger partial charge >= 0.3 is 0 Å². The Bertz CT molecular complexity index is 341. The molecule has 76 valence electrons. The number of ether oxygens (including phenoxy) is 1. The van der Waals surface area contributed by atoms with Gasteiger partial charge in [-0.3, -0.25) is 10.1 Å². The SMILES string of the molecule is Cc1nc(OCCN)ccc1[N+](=O)[O-]. The van der Waals surface area contributed by atoms with Gasteiger partial charge in [-0.1, -0.05) is 0 Å². The quantitative estimate of drug-likeness (QED) is 0.564. The van der Waals surface area contributed by atoms with Gasteiger partial charge in [0.2, 0.25) is 5.88 Å². The van der Waals surface area contributed by atoms with Crippen LogP contribution < -0.4 is 10.5 Å². The molecule has 0 bridgehead atoms. The second-order valence-electron chi connectivity index (χ2n) is 2.65. The van der Waals surface area contributed by atoms with E-state index in [2.05, 4.69) is 4.98 Å². The zero-order valence-corrected chi connectivity index (χ0v) is 7.77. The fraction of sp³-hybridized carbons (Fsp3) is 0.375. The highest BCUT2D eigenvalue weighted by molar-refractivity contribution is 5.36. The summed E-state index contributed by atoms with van der Waals surface area (Å²) in [6.07, 6.45) is 0. The van der Waals surface area contributed by atoms with Crippen LogP contribution in [0.5, 0.6) is 5.88 Å². The first kappa shape index (κ1) is 10.4. The van der Waals surface area contributed by atoms with E-state index in [1.807, 2.05) is 0 Å². The fourth-order valence-electron chi connectivity index (χ4n) is 0.968. The second kappa shape index (κ2) is 4.52. The molecule has 6 nitrogen and oxygen atoms in total. The van der Waals surface area contributed by atoms with Gasteiger partial charge in [0.05, 0.1) is 4.92 Å². The van der Waals surface area contributed by atoms with Crippen molar-refractivity contribution in [1.29, 1.82) is 0 Å². The van der Waals surface area contributed by atoms with Gasteiger partial charge in [0.15, 0.2) is 0 Å². The monoisotopic (exact) mass is 197 g/mol. The van der Waals surface area contributed by atoms with Gasteiger partial charge in [-0.25, -0.2) is 4.98 Å². The van der Waals surface area contributed by atoms with Crippen molar-refractivity contribution in [3.63, 3.8) is 0 Å². The largest absolute Gasteiger partial charge is 0.476 e. The summed E-state index contributed by atoms with van der Waals surface area (Å²) in [5, 5.41) is 10.5. The van der Waals surface area contributed by atoms with Crippen LogP contribution in [0.4, 0.5) is 5.69 Å². The van der Waals surface area contributed by atoms with Crippen molar-refractivity contribution in [3.8, 4) is 5.88 Å². The smallest absolute Gasteiger partial charge is 0.290 e. The normalized spacial score (nSPS) is 9.86. The number of nitrogens with zero attached hydrogens (tertiary/aromatic N) is 2. The lowest BCUT2D eigenvalue weighted by Gasteiger charge is -2.03. The predicted molar refractivity (Wildman–Crippen MR) is 50.2 cm³/mol. The maximum atomic E-state index is 10.5. The highest BCUT2D eigenvalue weighted by Gasteiger charge is 2.11. The van der Waals surface area contributed by atoms with Gasteiger partial charge < -0.3 is 10.5 Å². The summed E-state index contributed by atoms with van der Waals surface area (Å²) >= 11 is 0. The number of aryl methyl sites for hydroxylation is 1. The Kier molecular flexibility index (Phi) is 3.35. The second-order valence-corrected chi connectivity index (χ2v) is 2.65. The third-order valence-electron chi connectivity index (χ3n) is 1.60. The molecule has 0 aromatic carbocycles. The topological polar surface area (TPSA) is 91.3 Å². The van der Waals surface area contributed by atoms with Crippen molar-refractivity contribution < 1.29 is 9.66 Å². The summed E-state index contributed by atoms with van der Waals surface area (Å²) in [4.78, 5) is 13.9. The van der Waals surface area contributed by atoms with Gasteiger partial charge in [-0.2, -0.15) is 0 Å². The van der Waals surface area contributed by atoms with Crippen molar-refractivity contribution in [2.45, 2.75) is 6.92 Å².